The van der Waals surface area contributed by atoms with E-state index in [9.17, 15) is 0 Å². The third-order valence-electron chi connectivity index (χ3n) is 4.41. The summed E-state index contributed by atoms with van der Waals surface area (Å²) in [6.07, 6.45) is 0.898. The van der Waals surface area contributed by atoms with Crippen molar-refractivity contribution >= 4 is 6.47 Å². The van der Waals surface area contributed by atoms with Gasteiger partial charge in [0.15, 0.2) is 5.82 Å². The number of hydrogen-bond acceptors (Lipinski definition) is 5. The standard InChI is InChI=1S/C17H24N4O.CH2O2/c1-4-16-18-17(19-20(16)3)15-7-5-14(6-8-15)13(2)21-9-11-22-12-10-21;2-1-3/h5-8,13H,4,9-12H2,1-3H3;1H,(H,2,3). The van der Waals surface area contributed by atoms with Crippen LogP contribution < -0.4 is 0 Å². The van der Waals surface area contributed by atoms with E-state index in [1.807, 2.05) is 11.7 Å². The maximum absolute atomic E-state index is 8.36. The Bertz CT molecular complexity index is 663. The highest BCUT2D eigenvalue weighted by molar-refractivity contribution is 5.55. The van der Waals surface area contributed by atoms with Crippen molar-refractivity contribution in [1.29, 1.82) is 0 Å². The Balaban J connectivity index is 0.000000701. The number of carbonyl (C=O) groups is 1. The molecule has 1 saturated heterocycles. The smallest absolute Gasteiger partial charge is 0.290 e. The van der Waals surface area contributed by atoms with Gasteiger partial charge in [0.1, 0.15) is 5.82 Å². The van der Waals surface area contributed by atoms with Gasteiger partial charge in [0, 0.05) is 38.2 Å². The van der Waals surface area contributed by atoms with E-state index < -0.39 is 0 Å². The minimum absolute atomic E-state index is 0.250. The van der Waals surface area contributed by atoms with Crippen LogP contribution in [0.15, 0.2) is 24.3 Å². The van der Waals surface area contributed by atoms with Gasteiger partial charge in [-0.1, -0.05) is 31.2 Å². The van der Waals surface area contributed by atoms with Crippen molar-refractivity contribution in [1.82, 2.24) is 19.7 Å². The average molecular weight is 346 g/mol. The van der Waals surface area contributed by atoms with Crippen LogP contribution in [0.5, 0.6) is 0 Å². The molecule has 7 nitrogen and oxygen atoms in total. The van der Waals surface area contributed by atoms with Crippen LogP contribution in [0.2, 0.25) is 0 Å². The number of aromatic nitrogens is 3. The average Bonchev–Trinajstić information content (AvgIpc) is 3.03. The Morgan fingerprint density at radius 2 is 1.88 bits per heavy atom. The number of morpholine rings is 1. The molecule has 0 radical (unpaired) electrons. The first-order valence-electron chi connectivity index (χ1n) is 8.50. The van der Waals surface area contributed by atoms with Gasteiger partial charge in [-0.25, -0.2) is 4.98 Å². The van der Waals surface area contributed by atoms with Gasteiger partial charge in [0.05, 0.1) is 13.2 Å². The third kappa shape index (κ3) is 4.87. The molecule has 136 valence electrons. The molecule has 0 bridgehead atoms. The molecule has 0 aliphatic carbocycles. The van der Waals surface area contributed by atoms with Crippen molar-refractivity contribution in [3.05, 3.63) is 35.7 Å². The zero-order valence-electron chi connectivity index (χ0n) is 15.1. The van der Waals surface area contributed by atoms with E-state index in [0.29, 0.717) is 6.04 Å². The summed E-state index contributed by atoms with van der Waals surface area (Å²) in [5.74, 6) is 1.82. The lowest BCUT2D eigenvalue weighted by atomic mass is 10.0. The first-order valence-corrected chi connectivity index (χ1v) is 8.50. The quantitative estimate of drug-likeness (QED) is 0.855. The number of benzene rings is 1. The van der Waals surface area contributed by atoms with Gasteiger partial charge in [-0.05, 0) is 12.5 Å². The molecule has 1 aliphatic rings. The van der Waals surface area contributed by atoms with Gasteiger partial charge in [-0.15, -0.1) is 0 Å². The summed E-state index contributed by atoms with van der Waals surface area (Å²) < 4.78 is 7.29. The Hall–Kier alpha value is -2.25. The number of carboxylic acid groups (broad SMARTS) is 1. The molecule has 0 saturated carbocycles. The molecule has 0 amide bonds. The van der Waals surface area contributed by atoms with Gasteiger partial charge in [0.25, 0.3) is 6.47 Å². The fourth-order valence-electron chi connectivity index (χ4n) is 2.93. The maximum Gasteiger partial charge on any atom is 0.290 e. The monoisotopic (exact) mass is 346 g/mol. The zero-order valence-corrected chi connectivity index (χ0v) is 15.1. The lowest BCUT2D eigenvalue weighted by molar-refractivity contribution is -0.122. The van der Waals surface area contributed by atoms with E-state index in [1.54, 1.807) is 0 Å². The summed E-state index contributed by atoms with van der Waals surface area (Å²) in [6.45, 7) is 7.78. The lowest BCUT2D eigenvalue weighted by Crippen LogP contribution is -2.37. The van der Waals surface area contributed by atoms with Gasteiger partial charge in [-0.2, -0.15) is 5.10 Å². The Morgan fingerprint density at radius 3 is 2.40 bits per heavy atom. The SMILES string of the molecule is CCc1nc(-c2ccc(C(C)N3CCOCC3)cc2)nn1C.O=CO. The van der Waals surface area contributed by atoms with E-state index in [0.717, 1.165) is 49.9 Å². The fraction of sp³-hybridized carbons (Fsp3) is 0.500. The Labute approximate surface area is 148 Å². The minimum atomic E-state index is -0.250. The van der Waals surface area contributed by atoms with E-state index in [1.165, 1.54) is 5.56 Å². The molecule has 7 heteroatoms. The molecule has 2 aromatic rings. The molecule has 1 unspecified atom stereocenters. The second kappa shape index (κ2) is 9.29. The molecule has 1 aromatic heterocycles. The molecule has 1 N–H and O–H groups in total. The van der Waals surface area contributed by atoms with Gasteiger partial charge in [-0.3, -0.25) is 14.4 Å². The molecule has 3 rings (SSSR count). The van der Waals surface area contributed by atoms with Gasteiger partial charge in [0.2, 0.25) is 0 Å². The molecule has 2 heterocycles. The number of nitrogens with zero attached hydrogens (tertiary/aromatic N) is 4. The maximum atomic E-state index is 8.36. The number of rotatable bonds is 4. The zero-order chi connectivity index (χ0) is 18.2. The summed E-state index contributed by atoms with van der Waals surface area (Å²) in [4.78, 5) is 15.4. The van der Waals surface area contributed by atoms with Crippen LogP contribution in [0.25, 0.3) is 11.4 Å². The normalized spacial score (nSPS) is 16.0. The summed E-state index contributed by atoms with van der Waals surface area (Å²) in [5, 5.41) is 11.4. The van der Waals surface area contributed by atoms with Crippen LogP contribution >= 0.6 is 0 Å². The molecular weight excluding hydrogens is 320 g/mol. The second-order valence-corrected chi connectivity index (χ2v) is 5.88. The van der Waals surface area contributed by atoms with Crippen molar-refractivity contribution in [3.8, 4) is 11.4 Å². The molecule has 1 aliphatic heterocycles. The van der Waals surface area contributed by atoms with Crippen LogP contribution in [-0.4, -0.2) is 57.5 Å². The first-order chi connectivity index (χ1) is 12.1. The van der Waals surface area contributed by atoms with Crippen molar-refractivity contribution in [2.24, 2.45) is 7.05 Å². The van der Waals surface area contributed by atoms with E-state index in [4.69, 9.17) is 14.6 Å². The highest BCUT2D eigenvalue weighted by atomic mass is 16.5. The fourth-order valence-corrected chi connectivity index (χ4v) is 2.93. The predicted molar refractivity (Wildman–Crippen MR) is 95.3 cm³/mol. The highest BCUT2D eigenvalue weighted by Gasteiger charge is 2.18. The van der Waals surface area contributed by atoms with Crippen LogP contribution in [0.3, 0.4) is 0 Å². The largest absolute Gasteiger partial charge is 0.483 e. The van der Waals surface area contributed by atoms with E-state index in [2.05, 4.69) is 53.1 Å². The Kier molecular flexibility index (Phi) is 7.09. The summed E-state index contributed by atoms with van der Waals surface area (Å²) >= 11 is 0. The summed E-state index contributed by atoms with van der Waals surface area (Å²) in [6, 6.07) is 9.05. The molecule has 1 fully saturated rings. The molecule has 1 aromatic carbocycles. The number of ether oxygens (including phenoxy) is 1. The molecule has 0 spiro atoms. The van der Waals surface area contributed by atoms with Crippen LogP contribution in [-0.2, 0) is 23.0 Å². The van der Waals surface area contributed by atoms with Crippen molar-refractivity contribution < 1.29 is 14.6 Å². The highest BCUT2D eigenvalue weighted by Crippen LogP contribution is 2.24. The topological polar surface area (TPSA) is 80.5 Å². The van der Waals surface area contributed by atoms with Crippen molar-refractivity contribution in [2.75, 3.05) is 26.3 Å². The number of hydrogen-bond donors (Lipinski definition) is 1. The molecular formula is C18H26N4O3. The van der Waals surface area contributed by atoms with Crippen LogP contribution in [0.1, 0.15) is 31.3 Å². The van der Waals surface area contributed by atoms with E-state index in [-0.39, 0.29) is 6.47 Å². The van der Waals surface area contributed by atoms with Gasteiger partial charge < -0.3 is 9.84 Å². The first kappa shape index (κ1) is 19.1. The number of aryl methyl sites for hydroxylation is 2. The minimum Gasteiger partial charge on any atom is -0.483 e. The third-order valence-corrected chi connectivity index (χ3v) is 4.41. The summed E-state index contributed by atoms with van der Waals surface area (Å²) in [5.41, 5.74) is 2.41. The second-order valence-electron chi connectivity index (χ2n) is 5.88. The van der Waals surface area contributed by atoms with Gasteiger partial charge >= 0.3 is 0 Å². The van der Waals surface area contributed by atoms with Crippen LogP contribution in [0, 0.1) is 0 Å². The summed E-state index contributed by atoms with van der Waals surface area (Å²) in [7, 11) is 1.95. The van der Waals surface area contributed by atoms with Crippen LogP contribution in [0.4, 0.5) is 0 Å². The van der Waals surface area contributed by atoms with Crippen molar-refractivity contribution in [3.63, 3.8) is 0 Å². The lowest BCUT2D eigenvalue weighted by Gasteiger charge is -2.32. The predicted octanol–water partition coefficient (Wildman–Crippen LogP) is 2.14. The van der Waals surface area contributed by atoms with Crippen molar-refractivity contribution in [2.45, 2.75) is 26.3 Å². The molecule has 1 atom stereocenters. The van der Waals surface area contributed by atoms with E-state index >= 15 is 0 Å². The molecule has 25 heavy (non-hydrogen) atoms. The Morgan fingerprint density at radius 1 is 1.28 bits per heavy atom.